The van der Waals surface area contributed by atoms with Crippen LogP contribution < -0.4 is 11.1 Å². The van der Waals surface area contributed by atoms with Gasteiger partial charge in [-0.25, -0.2) is 0 Å². The van der Waals surface area contributed by atoms with E-state index >= 15 is 0 Å². The van der Waals surface area contributed by atoms with Gasteiger partial charge in [0.2, 0.25) is 0 Å². The van der Waals surface area contributed by atoms with E-state index in [1.165, 1.54) is 12.8 Å². The topological polar surface area (TPSA) is 101 Å². The van der Waals surface area contributed by atoms with Crippen LogP contribution in [0, 0.1) is 6.92 Å². The summed E-state index contributed by atoms with van der Waals surface area (Å²) < 4.78 is 5.63. The first-order valence-corrected chi connectivity index (χ1v) is 11.6. The van der Waals surface area contributed by atoms with E-state index in [0.29, 0.717) is 37.6 Å². The Bertz CT molecular complexity index is 1200. The molecule has 3 aliphatic heterocycles. The molecule has 8 heteroatoms. The zero-order chi connectivity index (χ0) is 22.5. The lowest BCUT2D eigenvalue weighted by molar-refractivity contribution is 0.0467. The number of carbonyl (C=O) groups is 1. The van der Waals surface area contributed by atoms with Crippen LogP contribution >= 0.6 is 0 Å². The summed E-state index contributed by atoms with van der Waals surface area (Å²) in [6.07, 6.45) is 2.45. The number of nitrogen functional groups attached to an aromatic ring is 1. The maximum absolute atomic E-state index is 13.1. The molecule has 3 aliphatic rings. The van der Waals surface area contributed by atoms with Gasteiger partial charge in [-0.1, -0.05) is 17.3 Å². The minimum absolute atomic E-state index is 0.0610. The molecule has 1 aromatic heterocycles. The van der Waals surface area contributed by atoms with Gasteiger partial charge in [0.15, 0.2) is 5.82 Å². The summed E-state index contributed by atoms with van der Waals surface area (Å²) in [5, 5.41) is 7.76. The third-order valence-corrected chi connectivity index (χ3v) is 7.18. The van der Waals surface area contributed by atoms with Gasteiger partial charge in [-0.05, 0) is 67.3 Å². The molecule has 0 bridgehead atoms. The van der Waals surface area contributed by atoms with Crippen molar-refractivity contribution in [2.75, 3.05) is 18.8 Å². The Morgan fingerprint density at radius 1 is 1.21 bits per heavy atom. The Morgan fingerprint density at radius 3 is 2.85 bits per heavy atom. The number of nitrogens with zero attached hydrogens (tertiary/aromatic N) is 4. The van der Waals surface area contributed by atoms with Crippen LogP contribution in [0.25, 0.3) is 11.5 Å². The van der Waals surface area contributed by atoms with E-state index in [9.17, 15) is 4.79 Å². The summed E-state index contributed by atoms with van der Waals surface area (Å²) >= 11 is 0. The first-order valence-electron chi connectivity index (χ1n) is 11.6. The Balaban J connectivity index is 1.20. The zero-order valence-corrected chi connectivity index (χ0v) is 18.8. The van der Waals surface area contributed by atoms with Crippen molar-refractivity contribution in [1.82, 2.24) is 25.3 Å². The molecule has 33 heavy (non-hydrogen) atoms. The number of hydrogen-bond donors (Lipinski definition) is 2. The van der Waals surface area contributed by atoms with Crippen molar-refractivity contribution >= 4 is 11.6 Å². The molecule has 0 saturated carbocycles. The number of amides is 1. The number of likely N-dealkylation sites (tertiary alicyclic amines) is 1. The van der Waals surface area contributed by atoms with Crippen LogP contribution in [0.2, 0.25) is 0 Å². The lowest BCUT2D eigenvalue weighted by Crippen LogP contribution is -2.67. The maximum Gasteiger partial charge on any atom is 0.257 e. The highest BCUT2D eigenvalue weighted by Gasteiger charge is 2.38. The standard InChI is InChI=1S/C25H28N6O2/c1-15-9-17(24-28-22(29-33-24)14-30-8-2-3-20-21(30)11-27-20)10-18-13-31(25(32)23(15)18)12-16-4-6-19(26)7-5-16/h4-7,9-10,20-21,27H,2-3,8,11-14,26H2,1H3/t20?,21-/m1/s1. The summed E-state index contributed by atoms with van der Waals surface area (Å²) in [5.74, 6) is 1.29. The first-order chi connectivity index (χ1) is 16.0. The molecule has 1 unspecified atom stereocenters. The van der Waals surface area contributed by atoms with E-state index in [2.05, 4.69) is 20.4 Å². The summed E-state index contributed by atoms with van der Waals surface area (Å²) in [4.78, 5) is 22.1. The molecule has 2 atom stereocenters. The predicted molar refractivity (Wildman–Crippen MR) is 124 cm³/mol. The number of carbonyl (C=O) groups excluding carboxylic acids is 1. The summed E-state index contributed by atoms with van der Waals surface area (Å²) in [7, 11) is 0. The molecular formula is C25H28N6O2. The quantitative estimate of drug-likeness (QED) is 0.584. The number of anilines is 1. The van der Waals surface area contributed by atoms with Crippen LogP contribution in [0.1, 0.15) is 45.7 Å². The molecule has 1 amide bonds. The Hall–Kier alpha value is -3.23. The monoisotopic (exact) mass is 444 g/mol. The fourth-order valence-electron chi connectivity index (χ4n) is 5.38. The summed E-state index contributed by atoms with van der Waals surface area (Å²) in [6.45, 7) is 5.93. The second-order valence-electron chi connectivity index (χ2n) is 9.44. The minimum atomic E-state index is 0.0610. The summed E-state index contributed by atoms with van der Waals surface area (Å²) in [6, 6.07) is 12.9. The number of rotatable bonds is 5. The number of hydrogen-bond acceptors (Lipinski definition) is 7. The Kier molecular flexibility index (Phi) is 4.92. The second kappa shape index (κ2) is 7.97. The fourth-order valence-corrected chi connectivity index (χ4v) is 5.38. The lowest BCUT2D eigenvalue weighted by Gasteiger charge is -2.48. The van der Waals surface area contributed by atoms with E-state index in [1.54, 1.807) is 0 Å². The highest BCUT2D eigenvalue weighted by atomic mass is 16.5. The molecule has 8 nitrogen and oxygen atoms in total. The normalized spacial score (nSPS) is 22.2. The number of benzene rings is 2. The number of fused-ring (bicyclic) bond motifs is 2. The number of aryl methyl sites for hydroxylation is 1. The van der Waals surface area contributed by atoms with Gasteiger partial charge < -0.3 is 20.5 Å². The van der Waals surface area contributed by atoms with Gasteiger partial charge in [-0.15, -0.1) is 0 Å². The van der Waals surface area contributed by atoms with Gasteiger partial charge in [0.25, 0.3) is 11.8 Å². The van der Waals surface area contributed by atoms with Crippen molar-refractivity contribution in [3.05, 3.63) is 64.5 Å². The maximum atomic E-state index is 13.1. The smallest absolute Gasteiger partial charge is 0.257 e. The average molecular weight is 445 g/mol. The second-order valence-corrected chi connectivity index (χ2v) is 9.44. The third-order valence-electron chi connectivity index (χ3n) is 7.18. The van der Waals surface area contributed by atoms with Crippen molar-refractivity contribution in [3.8, 4) is 11.5 Å². The first kappa shape index (κ1) is 20.4. The van der Waals surface area contributed by atoms with Crippen LogP contribution in [-0.4, -0.2) is 51.0 Å². The van der Waals surface area contributed by atoms with Gasteiger partial charge >= 0.3 is 0 Å². The molecule has 2 fully saturated rings. The number of nitrogens with one attached hydrogen (secondary N) is 1. The highest BCUT2D eigenvalue weighted by molar-refractivity contribution is 6.00. The van der Waals surface area contributed by atoms with E-state index in [-0.39, 0.29) is 5.91 Å². The highest BCUT2D eigenvalue weighted by Crippen LogP contribution is 2.32. The SMILES string of the molecule is Cc1cc(-c2nc(CN3CCCC4NC[C@H]43)no2)cc2c1C(=O)N(Cc1ccc(N)cc1)C2. The number of aromatic nitrogens is 2. The van der Waals surface area contributed by atoms with Crippen molar-refractivity contribution in [1.29, 1.82) is 0 Å². The van der Waals surface area contributed by atoms with Gasteiger partial charge in [-0.3, -0.25) is 9.69 Å². The zero-order valence-electron chi connectivity index (χ0n) is 18.8. The fraction of sp³-hybridized carbons (Fsp3) is 0.400. The molecule has 2 aromatic carbocycles. The molecule has 6 rings (SSSR count). The van der Waals surface area contributed by atoms with Crippen LogP contribution in [-0.2, 0) is 19.6 Å². The molecule has 170 valence electrons. The molecule has 3 aromatic rings. The van der Waals surface area contributed by atoms with E-state index < -0.39 is 0 Å². The molecule has 4 heterocycles. The number of piperidine rings is 1. The Morgan fingerprint density at radius 2 is 2.06 bits per heavy atom. The van der Waals surface area contributed by atoms with Crippen LogP contribution in [0.3, 0.4) is 0 Å². The lowest BCUT2D eigenvalue weighted by atomic mass is 9.89. The molecule has 0 spiro atoms. The number of nitrogens with two attached hydrogens (primary N) is 1. The van der Waals surface area contributed by atoms with Gasteiger partial charge in [0, 0.05) is 48.5 Å². The van der Waals surface area contributed by atoms with E-state index in [1.807, 2.05) is 48.2 Å². The largest absolute Gasteiger partial charge is 0.399 e. The third kappa shape index (κ3) is 3.69. The predicted octanol–water partition coefficient (Wildman–Crippen LogP) is 2.72. The average Bonchev–Trinajstić information content (AvgIpc) is 3.36. The summed E-state index contributed by atoms with van der Waals surface area (Å²) in [5.41, 5.74) is 11.2. The molecular weight excluding hydrogens is 416 g/mol. The Labute approximate surface area is 192 Å². The molecule has 0 aliphatic carbocycles. The van der Waals surface area contributed by atoms with Gasteiger partial charge in [0.05, 0.1) is 6.54 Å². The van der Waals surface area contributed by atoms with E-state index in [0.717, 1.165) is 52.4 Å². The van der Waals surface area contributed by atoms with Crippen LogP contribution in [0.5, 0.6) is 0 Å². The molecule has 2 saturated heterocycles. The van der Waals surface area contributed by atoms with Gasteiger partial charge in [0.1, 0.15) is 0 Å². The van der Waals surface area contributed by atoms with Crippen molar-refractivity contribution in [2.45, 2.75) is 51.5 Å². The van der Waals surface area contributed by atoms with Gasteiger partial charge in [-0.2, -0.15) is 4.98 Å². The van der Waals surface area contributed by atoms with Crippen LogP contribution in [0.15, 0.2) is 40.9 Å². The van der Waals surface area contributed by atoms with Crippen molar-refractivity contribution in [3.63, 3.8) is 0 Å². The van der Waals surface area contributed by atoms with E-state index in [4.69, 9.17) is 10.3 Å². The van der Waals surface area contributed by atoms with Crippen LogP contribution in [0.4, 0.5) is 5.69 Å². The molecule has 3 N–H and O–H groups in total. The van der Waals surface area contributed by atoms with Crippen molar-refractivity contribution in [2.24, 2.45) is 0 Å². The van der Waals surface area contributed by atoms with Crippen molar-refractivity contribution < 1.29 is 9.32 Å². The minimum Gasteiger partial charge on any atom is -0.399 e. The molecule has 0 radical (unpaired) electrons.